The molecule has 6 nitrogen and oxygen atoms in total. The summed E-state index contributed by atoms with van der Waals surface area (Å²) in [6.45, 7) is 1.78. The summed E-state index contributed by atoms with van der Waals surface area (Å²) in [6.07, 6.45) is -2.87. The third-order valence-electron chi connectivity index (χ3n) is 4.72. The van der Waals surface area contributed by atoms with E-state index in [2.05, 4.69) is 10.2 Å². The fourth-order valence-electron chi connectivity index (χ4n) is 3.03. The number of fused-ring (bicyclic) bond motifs is 1. The molecule has 1 aliphatic rings. The van der Waals surface area contributed by atoms with E-state index in [-0.39, 0.29) is 17.4 Å². The quantitative estimate of drug-likeness (QED) is 0.633. The maximum absolute atomic E-state index is 13.0. The summed E-state index contributed by atoms with van der Waals surface area (Å²) < 4.78 is 36.4. The van der Waals surface area contributed by atoms with Crippen molar-refractivity contribution in [3.05, 3.63) is 64.5 Å². The molecule has 0 saturated carbocycles. The van der Waals surface area contributed by atoms with Gasteiger partial charge in [0, 0.05) is 23.2 Å². The Labute approximate surface area is 163 Å². The lowest BCUT2D eigenvalue weighted by atomic mass is 9.98. The van der Waals surface area contributed by atoms with Crippen molar-refractivity contribution in [2.24, 2.45) is 0 Å². The lowest BCUT2D eigenvalue weighted by Crippen LogP contribution is -2.52. The zero-order valence-corrected chi connectivity index (χ0v) is 15.6. The topological polar surface area (TPSA) is 68.5 Å². The van der Waals surface area contributed by atoms with Gasteiger partial charge in [0.1, 0.15) is 5.75 Å². The van der Waals surface area contributed by atoms with E-state index in [9.17, 15) is 13.6 Å². The number of rotatable bonds is 3. The minimum Gasteiger partial charge on any atom is -0.463 e. The van der Waals surface area contributed by atoms with Gasteiger partial charge in [-0.2, -0.15) is 8.78 Å². The number of benzene rings is 2. The van der Waals surface area contributed by atoms with Crippen molar-refractivity contribution >= 4 is 17.5 Å². The van der Waals surface area contributed by atoms with Gasteiger partial charge in [-0.25, -0.2) is 0 Å². The highest BCUT2D eigenvalue weighted by atomic mass is 35.5. The highest BCUT2D eigenvalue weighted by Gasteiger charge is 2.42. The zero-order valence-electron chi connectivity index (χ0n) is 14.8. The van der Waals surface area contributed by atoms with Gasteiger partial charge in [0.15, 0.2) is 0 Å². The van der Waals surface area contributed by atoms with Gasteiger partial charge in [0.25, 0.3) is 11.8 Å². The first-order valence-electron chi connectivity index (χ1n) is 8.29. The molecule has 1 unspecified atom stereocenters. The van der Waals surface area contributed by atoms with Crippen LogP contribution in [-0.4, -0.2) is 28.1 Å². The maximum Gasteiger partial charge on any atom is 0.314 e. The summed E-state index contributed by atoms with van der Waals surface area (Å²) in [5, 5.41) is 7.49. The van der Waals surface area contributed by atoms with Crippen LogP contribution >= 0.6 is 11.6 Å². The molecule has 1 amide bonds. The lowest BCUT2D eigenvalue weighted by molar-refractivity contribution is -0.0556. The Morgan fingerprint density at radius 1 is 1.14 bits per heavy atom. The zero-order chi connectivity index (χ0) is 20.1. The second-order valence-electron chi connectivity index (χ2n) is 6.41. The van der Waals surface area contributed by atoms with Crippen LogP contribution in [-0.2, 0) is 5.72 Å². The molecule has 0 radical (unpaired) electrons. The van der Waals surface area contributed by atoms with Crippen LogP contribution in [0, 0.1) is 0 Å². The predicted molar refractivity (Wildman–Crippen MR) is 96.2 cm³/mol. The fraction of sp³-hybridized carbons (Fsp3) is 0.211. The number of aromatic nitrogens is 2. The summed E-state index contributed by atoms with van der Waals surface area (Å²) in [7, 11) is 1.62. The van der Waals surface area contributed by atoms with Crippen molar-refractivity contribution in [3.63, 3.8) is 0 Å². The molecule has 2 heterocycles. The molecule has 4 rings (SSSR count). The number of hydrogen-bond donors (Lipinski definition) is 0. The third kappa shape index (κ3) is 2.90. The Hall–Kier alpha value is -3.00. The van der Waals surface area contributed by atoms with Gasteiger partial charge in [0.2, 0.25) is 11.6 Å². The molecule has 9 heteroatoms. The van der Waals surface area contributed by atoms with Gasteiger partial charge < -0.3 is 9.15 Å². The fourth-order valence-corrected chi connectivity index (χ4v) is 3.15. The van der Waals surface area contributed by atoms with Gasteiger partial charge in [-0.05, 0) is 37.3 Å². The molecule has 144 valence electrons. The molecule has 0 saturated heterocycles. The van der Waals surface area contributed by atoms with E-state index in [4.69, 9.17) is 20.8 Å². The minimum absolute atomic E-state index is 0.0976. The van der Waals surface area contributed by atoms with Gasteiger partial charge in [-0.1, -0.05) is 23.7 Å². The lowest BCUT2D eigenvalue weighted by Gasteiger charge is -2.43. The Balaban J connectivity index is 1.73. The second-order valence-corrected chi connectivity index (χ2v) is 6.85. The summed E-state index contributed by atoms with van der Waals surface area (Å²) in [5.41, 5.74) is 0.326. The van der Waals surface area contributed by atoms with Crippen LogP contribution < -0.4 is 4.74 Å². The van der Waals surface area contributed by atoms with E-state index in [1.54, 1.807) is 50.4 Å². The summed E-state index contributed by atoms with van der Waals surface area (Å²) in [4.78, 5) is 14.5. The highest BCUT2D eigenvalue weighted by Crippen LogP contribution is 2.40. The monoisotopic (exact) mass is 405 g/mol. The number of hydrogen-bond acceptors (Lipinski definition) is 5. The normalized spacial score (nSPS) is 18.9. The number of amides is 1. The SMILES string of the molecule is CN1C(=O)c2cc(-c3nnc(C(F)F)o3)ccc2OC1(C)c1ccc(Cl)cc1. The number of carbonyl (C=O) groups is 1. The second kappa shape index (κ2) is 6.56. The smallest absolute Gasteiger partial charge is 0.314 e. The van der Waals surface area contributed by atoms with Crippen LogP contribution in [0.25, 0.3) is 11.5 Å². The van der Waals surface area contributed by atoms with E-state index in [1.807, 2.05) is 0 Å². The Kier molecular flexibility index (Phi) is 4.30. The largest absolute Gasteiger partial charge is 0.463 e. The Bertz CT molecular complexity index is 1050. The van der Waals surface area contributed by atoms with Gasteiger partial charge >= 0.3 is 6.43 Å². The van der Waals surface area contributed by atoms with Crippen molar-refractivity contribution in [2.75, 3.05) is 7.05 Å². The van der Waals surface area contributed by atoms with E-state index in [1.165, 1.54) is 11.0 Å². The molecule has 0 fully saturated rings. The average Bonchev–Trinajstić information content (AvgIpc) is 3.17. The first-order valence-corrected chi connectivity index (χ1v) is 8.66. The van der Waals surface area contributed by atoms with Gasteiger partial charge in [-0.15, -0.1) is 10.2 Å². The van der Waals surface area contributed by atoms with Crippen molar-refractivity contribution in [3.8, 4) is 17.2 Å². The van der Waals surface area contributed by atoms with E-state index < -0.39 is 18.0 Å². The molecule has 1 aromatic heterocycles. The van der Waals surface area contributed by atoms with Crippen molar-refractivity contribution < 1.29 is 22.7 Å². The number of carbonyl (C=O) groups excluding carboxylic acids is 1. The molecule has 0 bridgehead atoms. The Morgan fingerprint density at radius 3 is 2.50 bits per heavy atom. The molecule has 2 aromatic carbocycles. The first-order chi connectivity index (χ1) is 13.3. The van der Waals surface area contributed by atoms with Crippen LogP contribution in [0.5, 0.6) is 5.75 Å². The molecule has 1 atom stereocenters. The number of halogens is 3. The number of nitrogens with zero attached hydrogens (tertiary/aromatic N) is 3. The van der Waals surface area contributed by atoms with Crippen LogP contribution in [0.3, 0.4) is 0 Å². The highest BCUT2D eigenvalue weighted by molar-refractivity contribution is 6.30. The minimum atomic E-state index is -2.87. The first kappa shape index (κ1) is 18.4. The Morgan fingerprint density at radius 2 is 1.86 bits per heavy atom. The van der Waals surface area contributed by atoms with Crippen LogP contribution in [0.1, 0.15) is 35.2 Å². The van der Waals surface area contributed by atoms with E-state index >= 15 is 0 Å². The molecule has 0 spiro atoms. The predicted octanol–water partition coefficient (Wildman–Crippen LogP) is 4.66. The maximum atomic E-state index is 13.0. The molecule has 0 N–H and O–H groups in total. The van der Waals surface area contributed by atoms with Crippen LogP contribution in [0.2, 0.25) is 5.02 Å². The average molecular weight is 406 g/mol. The number of alkyl halides is 2. The standard InChI is InChI=1S/C19H14ClF2N3O3/c1-19(11-4-6-12(20)7-5-11)25(2)18(26)13-9-10(3-8-14(13)28-19)16-23-24-17(27-16)15(21)22/h3-9,15H,1-2H3. The summed E-state index contributed by atoms with van der Waals surface area (Å²) >= 11 is 5.95. The van der Waals surface area contributed by atoms with Crippen molar-refractivity contribution in [1.82, 2.24) is 15.1 Å². The van der Waals surface area contributed by atoms with Crippen molar-refractivity contribution in [2.45, 2.75) is 19.1 Å². The summed E-state index contributed by atoms with van der Waals surface area (Å²) in [5.74, 6) is -0.811. The third-order valence-corrected chi connectivity index (χ3v) is 4.97. The molecule has 1 aliphatic heterocycles. The van der Waals surface area contributed by atoms with E-state index in [0.29, 0.717) is 16.3 Å². The molecule has 28 heavy (non-hydrogen) atoms. The molecular formula is C19H14ClF2N3O3. The van der Waals surface area contributed by atoms with Crippen molar-refractivity contribution in [1.29, 1.82) is 0 Å². The molecule has 0 aliphatic carbocycles. The van der Waals surface area contributed by atoms with Crippen LogP contribution in [0.15, 0.2) is 46.9 Å². The van der Waals surface area contributed by atoms with E-state index in [0.717, 1.165) is 5.56 Å². The van der Waals surface area contributed by atoms with Gasteiger partial charge in [-0.3, -0.25) is 9.69 Å². The molecule has 3 aromatic rings. The number of ether oxygens (including phenoxy) is 1. The van der Waals surface area contributed by atoms with Crippen LogP contribution in [0.4, 0.5) is 8.78 Å². The summed E-state index contributed by atoms with van der Waals surface area (Å²) in [6, 6.07) is 11.7. The van der Waals surface area contributed by atoms with Gasteiger partial charge in [0.05, 0.1) is 5.56 Å². The molecular weight excluding hydrogens is 392 g/mol.